The Kier molecular flexibility index (Phi) is 4.11. The van der Waals surface area contributed by atoms with E-state index in [4.69, 9.17) is 16.0 Å². The van der Waals surface area contributed by atoms with Crippen LogP contribution in [0.15, 0.2) is 45.5 Å². The summed E-state index contributed by atoms with van der Waals surface area (Å²) >= 11 is 13.0. The number of hydrogen-bond donors (Lipinski definition) is 0. The molecule has 1 heterocycles. The molecule has 0 fully saturated rings. The fourth-order valence-electron chi connectivity index (χ4n) is 1.45. The van der Waals surface area contributed by atoms with Crippen molar-refractivity contribution in [3.05, 3.63) is 57.4 Å². The van der Waals surface area contributed by atoms with Crippen molar-refractivity contribution in [2.45, 2.75) is 11.2 Å². The SMILES string of the molecule is Clc1ccccc1CC(Br)c1ccc(Br)o1. The fraction of sp³-hybridized carbons (Fsp3) is 0.167. The first-order valence-electron chi connectivity index (χ1n) is 4.79. The van der Waals surface area contributed by atoms with Gasteiger partial charge in [-0.25, -0.2) is 0 Å². The summed E-state index contributed by atoms with van der Waals surface area (Å²) in [5.41, 5.74) is 1.11. The van der Waals surface area contributed by atoms with Gasteiger partial charge in [-0.05, 0) is 46.1 Å². The molecule has 2 rings (SSSR count). The largest absolute Gasteiger partial charge is 0.453 e. The second kappa shape index (κ2) is 5.39. The molecular formula is C12H9Br2ClO. The molecular weight excluding hydrogens is 355 g/mol. The van der Waals surface area contributed by atoms with E-state index >= 15 is 0 Å². The monoisotopic (exact) mass is 362 g/mol. The van der Waals surface area contributed by atoms with Crippen LogP contribution >= 0.6 is 43.5 Å². The minimum Gasteiger partial charge on any atom is -0.453 e. The number of alkyl halides is 1. The van der Waals surface area contributed by atoms with Gasteiger partial charge in [-0.3, -0.25) is 0 Å². The van der Waals surface area contributed by atoms with E-state index in [1.165, 1.54) is 0 Å². The molecule has 0 bridgehead atoms. The Hall–Kier alpha value is -0.250. The van der Waals surface area contributed by atoms with Gasteiger partial charge in [0.15, 0.2) is 4.67 Å². The number of benzene rings is 1. The van der Waals surface area contributed by atoms with E-state index in [0.29, 0.717) is 0 Å². The van der Waals surface area contributed by atoms with Crippen LogP contribution in [0.5, 0.6) is 0 Å². The lowest BCUT2D eigenvalue weighted by molar-refractivity contribution is 0.486. The van der Waals surface area contributed by atoms with Crippen molar-refractivity contribution >= 4 is 43.5 Å². The molecule has 84 valence electrons. The zero-order valence-electron chi connectivity index (χ0n) is 8.29. The molecule has 0 saturated heterocycles. The van der Waals surface area contributed by atoms with Gasteiger partial charge in [-0.15, -0.1) is 0 Å². The van der Waals surface area contributed by atoms with Crippen LogP contribution in [-0.2, 0) is 6.42 Å². The highest BCUT2D eigenvalue weighted by Crippen LogP contribution is 2.31. The maximum atomic E-state index is 6.10. The first-order valence-corrected chi connectivity index (χ1v) is 6.88. The van der Waals surface area contributed by atoms with Crippen LogP contribution in [0, 0.1) is 0 Å². The van der Waals surface area contributed by atoms with Gasteiger partial charge in [0.05, 0.1) is 4.83 Å². The molecule has 0 saturated carbocycles. The normalized spacial score (nSPS) is 12.7. The zero-order valence-corrected chi connectivity index (χ0v) is 12.2. The second-order valence-corrected chi connectivity index (χ2v) is 5.70. The van der Waals surface area contributed by atoms with Crippen molar-refractivity contribution in [2.75, 3.05) is 0 Å². The smallest absolute Gasteiger partial charge is 0.169 e. The Labute approximate surface area is 116 Å². The Balaban J connectivity index is 2.13. The van der Waals surface area contributed by atoms with E-state index in [9.17, 15) is 0 Å². The summed E-state index contributed by atoms with van der Waals surface area (Å²) in [7, 11) is 0. The first-order chi connectivity index (χ1) is 7.66. The van der Waals surface area contributed by atoms with Gasteiger partial charge >= 0.3 is 0 Å². The van der Waals surface area contributed by atoms with E-state index in [1.807, 2.05) is 36.4 Å². The average molecular weight is 364 g/mol. The lowest BCUT2D eigenvalue weighted by atomic mass is 10.1. The molecule has 0 N–H and O–H groups in total. The maximum absolute atomic E-state index is 6.10. The molecule has 0 radical (unpaired) electrons. The summed E-state index contributed by atoms with van der Waals surface area (Å²) in [5, 5.41) is 0.789. The van der Waals surface area contributed by atoms with Gasteiger partial charge in [0.25, 0.3) is 0 Å². The summed E-state index contributed by atoms with van der Waals surface area (Å²) in [6, 6.07) is 11.7. The molecule has 0 aliphatic carbocycles. The van der Waals surface area contributed by atoms with Crippen molar-refractivity contribution in [1.82, 2.24) is 0 Å². The van der Waals surface area contributed by atoms with E-state index in [2.05, 4.69) is 31.9 Å². The molecule has 1 aromatic carbocycles. The van der Waals surface area contributed by atoms with Crippen LogP contribution in [0.3, 0.4) is 0 Å². The molecule has 4 heteroatoms. The van der Waals surface area contributed by atoms with E-state index in [1.54, 1.807) is 0 Å². The molecule has 1 atom stereocenters. The topological polar surface area (TPSA) is 13.1 Å². The third-order valence-corrected chi connectivity index (χ3v) is 3.83. The van der Waals surface area contributed by atoms with Crippen LogP contribution in [0.2, 0.25) is 5.02 Å². The van der Waals surface area contributed by atoms with Crippen molar-refractivity contribution in [3.63, 3.8) is 0 Å². The van der Waals surface area contributed by atoms with E-state index in [0.717, 1.165) is 27.4 Å². The lowest BCUT2D eigenvalue weighted by Crippen LogP contribution is -1.94. The van der Waals surface area contributed by atoms with E-state index < -0.39 is 0 Å². The van der Waals surface area contributed by atoms with Crippen molar-refractivity contribution < 1.29 is 4.42 Å². The van der Waals surface area contributed by atoms with Crippen LogP contribution < -0.4 is 0 Å². The minimum absolute atomic E-state index is 0.138. The predicted molar refractivity (Wildman–Crippen MR) is 73.2 cm³/mol. The fourth-order valence-corrected chi connectivity index (χ4v) is 2.58. The minimum atomic E-state index is 0.138. The second-order valence-electron chi connectivity index (χ2n) is 3.40. The molecule has 0 aliphatic rings. The highest BCUT2D eigenvalue weighted by atomic mass is 79.9. The number of halogens is 3. The Morgan fingerprint density at radius 1 is 1.19 bits per heavy atom. The molecule has 1 unspecified atom stereocenters. The predicted octanol–water partition coefficient (Wildman–Crippen LogP) is 5.37. The summed E-state index contributed by atoms with van der Waals surface area (Å²) in [6.07, 6.45) is 0.805. The molecule has 0 spiro atoms. The summed E-state index contributed by atoms with van der Waals surface area (Å²) < 4.78 is 6.23. The third kappa shape index (κ3) is 2.90. The molecule has 0 amide bonds. The van der Waals surface area contributed by atoms with E-state index in [-0.39, 0.29) is 4.83 Å². The van der Waals surface area contributed by atoms with Gasteiger partial charge in [-0.1, -0.05) is 45.7 Å². The van der Waals surface area contributed by atoms with Crippen LogP contribution in [0.1, 0.15) is 16.2 Å². The Morgan fingerprint density at radius 3 is 2.56 bits per heavy atom. The van der Waals surface area contributed by atoms with Crippen molar-refractivity contribution in [2.24, 2.45) is 0 Å². The van der Waals surface area contributed by atoms with Crippen LogP contribution in [0.4, 0.5) is 0 Å². The molecule has 1 aromatic heterocycles. The Morgan fingerprint density at radius 2 is 1.94 bits per heavy atom. The number of hydrogen-bond acceptors (Lipinski definition) is 1. The first kappa shape index (κ1) is 12.2. The highest BCUT2D eigenvalue weighted by molar-refractivity contribution is 9.10. The standard InChI is InChI=1S/C12H9Br2ClO/c13-9(11-5-6-12(14)16-11)7-8-3-1-2-4-10(8)15/h1-6,9H,7H2. The number of furan rings is 1. The third-order valence-electron chi connectivity index (χ3n) is 2.26. The van der Waals surface area contributed by atoms with Crippen LogP contribution in [0.25, 0.3) is 0 Å². The number of rotatable bonds is 3. The zero-order chi connectivity index (χ0) is 11.5. The summed E-state index contributed by atoms with van der Waals surface area (Å²) in [4.78, 5) is 0.138. The van der Waals surface area contributed by atoms with Gasteiger partial charge in [0, 0.05) is 5.02 Å². The summed E-state index contributed by atoms with van der Waals surface area (Å²) in [5.74, 6) is 0.895. The highest BCUT2D eigenvalue weighted by Gasteiger charge is 2.13. The van der Waals surface area contributed by atoms with Gasteiger partial charge in [0.1, 0.15) is 5.76 Å². The van der Waals surface area contributed by atoms with Crippen molar-refractivity contribution in [1.29, 1.82) is 0 Å². The average Bonchev–Trinajstić information content (AvgIpc) is 2.68. The molecule has 0 aliphatic heterocycles. The van der Waals surface area contributed by atoms with Gasteiger partial charge in [0.2, 0.25) is 0 Å². The van der Waals surface area contributed by atoms with Gasteiger partial charge in [-0.2, -0.15) is 0 Å². The molecule has 1 nitrogen and oxygen atoms in total. The summed E-state index contributed by atoms with van der Waals surface area (Å²) in [6.45, 7) is 0. The van der Waals surface area contributed by atoms with Crippen molar-refractivity contribution in [3.8, 4) is 0 Å². The quantitative estimate of drug-likeness (QED) is 0.667. The molecule has 2 aromatic rings. The lowest BCUT2D eigenvalue weighted by Gasteiger charge is -2.08. The maximum Gasteiger partial charge on any atom is 0.169 e. The Bertz CT molecular complexity index is 481. The molecule has 16 heavy (non-hydrogen) atoms. The van der Waals surface area contributed by atoms with Gasteiger partial charge < -0.3 is 4.42 Å². The van der Waals surface area contributed by atoms with Crippen LogP contribution in [-0.4, -0.2) is 0 Å².